The van der Waals surface area contributed by atoms with Crippen molar-refractivity contribution >= 4 is 11.9 Å². The number of carbonyl (C=O) groups is 2. The molecule has 0 aromatic carbocycles. The largest absolute Gasteiger partial charge is 0.481 e. The Balaban J connectivity index is 0.000000500. The van der Waals surface area contributed by atoms with Gasteiger partial charge in [-0.3, -0.25) is 9.59 Å². The molecule has 1 fully saturated rings. The topological polar surface area (TPSA) is 87.1 Å². The third-order valence-corrected chi connectivity index (χ3v) is 1.52. The zero-order chi connectivity index (χ0) is 11.1. The Hall–Kier alpha value is -1.36. The standard InChI is InChI=1S/C6H8O5.C3H6/c7-5(8)1-3(6(9)10)4-2-11-4;1-3-2/h3-4H,1-2H2,(H,7,8)(H,9,10);3H,1H2,2H3. The first-order valence-electron chi connectivity index (χ1n) is 4.16. The smallest absolute Gasteiger partial charge is 0.309 e. The van der Waals surface area contributed by atoms with Gasteiger partial charge in [0.1, 0.15) is 0 Å². The molecule has 2 unspecified atom stereocenters. The first kappa shape index (κ1) is 12.6. The molecule has 1 heterocycles. The Labute approximate surface area is 82.0 Å². The number of hydrogen-bond donors (Lipinski definition) is 2. The summed E-state index contributed by atoms with van der Waals surface area (Å²) in [4.78, 5) is 20.5. The molecule has 2 atom stereocenters. The van der Waals surface area contributed by atoms with Crippen molar-refractivity contribution in [3.63, 3.8) is 0 Å². The van der Waals surface area contributed by atoms with Gasteiger partial charge in [0.25, 0.3) is 0 Å². The summed E-state index contributed by atoms with van der Waals surface area (Å²) in [5.41, 5.74) is 0. The lowest BCUT2D eigenvalue weighted by atomic mass is 10.0. The average molecular weight is 202 g/mol. The maximum atomic E-state index is 10.4. The molecular formula is C9H14O5. The highest BCUT2D eigenvalue weighted by Crippen LogP contribution is 2.23. The van der Waals surface area contributed by atoms with Crippen LogP contribution in [0.1, 0.15) is 13.3 Å². The molecule has 1 saturated heterocycles. The van der Waals surface area contributed by atoms with E-state index in [0.717, 1.165) is 0 Å². The molecule has 0 spiro atoms. The fraction of sp³-hybridized carbons (Fsp3) is 0.556. The van der Waals surface area contributed by atoms with E-state index in [1.165, 1.54) is 0 Å². The lowest BCUT2D eigenvalue weighted by Crippen LogP contribution is -2.22. The van der Waals surface area contributed by atoms with Crippen LogP contribution in [0, 0.1) is 5.92 Å². The van der Waals surface area contributed by atoms with E-state index in [4.69, 9.17) is 10.2 Å². The van der Waals surface area contributed by atoms with Gasteiger partial charge >= 0.3 is 11.9 Å². The lowest BCUT2D eigenvalue weighted by Gasteiger charge is -2.03. The van der Waals surface area contributed by atoms with Crippen LogP contribution in [-0.2, 0) is 14.3 Å². The molecule has 1 rings (SSSR count). The van der Waals surface area contributed by atoms with E-state index in [9.17, 15) is 9.59 Å². The van der Waals surface area contributed by atoms with Crippen molar-refractivity contribution in [2.45, 2.75) is 19.4 Å². The molecule has 1 aliphatic rings. The first-order chi connectivity index (χ1) is 6.52. The zero-order valence-corrected chi connectivity index (χ0v) is 7.97. The number of ether oxygens (including phenoxy) is 1. The number of aliphatic carboxylic acids is 2. The van der Waals surface area contributed by atoms with E-state index >= 15 is 0 Å². The molecule has 0 bridgehead atoms. The molecule has 0 amide bonds. The Morgan fingerprint density at radius 2 is 2.07 bits per heavy atom. The van der Waals surface area contributed by atoms with Crippen molar-refractivity contribution in [2.24, 2.45) is 5.92 Å². The van der Waals surface area contributed by atoms with Gasteiger partial charge in [-0.25, -0.2) is 0 Å². The van der Waals surface area contributed by atoms with Gasteiger partial charge in [-0.15, -0.1) is 6.58 Å². The van der Waals surface area contributed by atoms with E-state index in [-0.39, 0.29) is 12.5 Å². The Kier molecular flexibility index (Phi) is 5.55. The minimum absolute atomic E-state index is 0.361. The summed E-state index contributed by atoms with van der Waals surface area (Å²) in [6.45, 7) is 5.62. The van der Waals surface area contributed by atoms with E-state index in [0.29, 0.717) is 6.61 Å². The van der Waals surface area contributed by atoms with Crippen LogP contribution < -0.4 is 0 Å². The summed E-state index contributed by atoms with van der Waals surface area (Å²) in [6, 6.07) is 0. The zero-order valence-electron chi connectivity index (χ0n) is 7.97. The highest BCUT2D eigenvalue weighted by Gasteiger charge is 2.39. The molecule has 0 aromatic heterocycles. The van der Waals surface area contributed by atoms with Crippen molar-refractivity contribution in [2.75, 3.05) is 6.61 Å². The molecule has 1 aliphatic heterocycles. The molecule has 0 aromatic rings. The van der Waals surface area contributed by atoms with Crippen LogP contribution in [0.5, 0.6) is 0 Å². The third-order valence-electron chi connectivity index (χ3n) is 1.52. The van der Waals surface area contributed by atoms with Gasteiger partial charge in [0.05, 0.1) is 25.0 Å². The van der Waals surface area contributed by atoms with Crippen LogP contribution in [0.15, 0.2) is 12.7 Å². The normalized spacial score (nSPS) is 19.9. The second kappa shape index (κ2) is 6.15. The van der Waals surface area contributed by atoms with Gasteiger partial charge in [0.15, 0.2) is 0 Å². The molecule has 5 heteroatoms. The van der Waals surface area contributed by atoms with Crippen LogP contribution in [0.3, 0.4) is 0 Å². The molecular weight excluding hydrogens is 188 g/mol. The predicted octanol–water partition coefficient (Wildman–Crippen LogP) is 0.753. The van der Waals surface area contributed by atoms with E-state index in [1.807, 2.05) is 6.92 Å². The van der Waals surface area contributed by atoms with Gasteiger partial charge in [-0.1, -0.05) is 6.08 Å². The quantitative estimate of drug-likeness (QED) is 0.519. The van der Waals surface area contributed by atoms with Crippen LogP contribution in [0.4, 0.5) is 0 Å². The molecule has 80 valence electrons. The SMILES string of the molecule is C=CC.O=C(O)CC(C(=O)O)C1CO1. The fourth-order valence-electron chi connectivity index (χ4n) is 0.854. The van der Waals surface area contributed by atoms with E-state index in [2.05, 4.69) is 11.3 Å². The Morgan fingerprint density at radius 1 is 1.64 bits per heavy atom. The fourth-order valence-corrected chi connectivity index (χ4v) is 0.854. The Morgan fingerprint density at radius 3 is 2.29 bits per heavy atom. The van der Waals surface area contributed by atoms with Crippen molar-refractivity contribution in [3.05, 3.63) is 12.7 Å². The number of hydrogen-bond acceptors (Lipinski definition) is 3. The molecule has 14 heavy (non-hydrogen) atoms. The monoisotopic (exact) mass is 202 g/mol. The summed E-state index contributed by atoms with van der Waals surface area (Å²) in [6.07, 6.45) is 1.00. The molecule has 0 aliphatic carbocycles. The van der Waals surface area contributed by atoms with Gasteiger partial charge in [0.2, 0.25) is 0 Å². The van der Waals surface area contributed by atoms with Crippen molar-refractivity contribution in [1.82, 2.24) is 0 Å². The average Bonchev–Trinajstić information content (AvgIpc) is 2.83. The van der Waals surface area contributed by atoms with E-state index < -0.39 is 17.9 Å². The number of rotatable bonds is 4. The summed E-state index contributed by atoms with van der Waals surface area (Å²) in [5, 5.41) is 16.8. The molecule has 0 saturated carbocycles. The first-order valence-corrected chi connectivity index (χ1v) is 4.16. The highest BCUT2D eigenvalue weighted by molar-refractivity contribution is 5.78. The molecule has 0 radical (unpaired) electrons. The molecule has 5 nitrogen and oxygen atoms in total. The van der Waals surface area contributed by atoms with Crippen LogP contribution >= 0.6 is 0 Å². The van der Waals surface area contributed by atoms with Crippen LogP contribution in [0.25, 0.3) is 0 Å². The highest BCUT2D eigenvalue weighted by atomic mass is 16.6. The summed E-state index contributed by atoms with van der Waals surface area (Å²) in [5.74, 6) is -3.09. The van der Waals surface area contributed by atoms with Crippen LogP contribution in [-0.4, -0.2) is 34.9 Å². The second-order valence-electron chi connectivity index (χ2n) is 2.82. The minimum atomic E-state index is -1.10. The predicted molar refractivity (Wildman–Crippen MR) is 49.0 cm³/mol. The minimum Gasteiger partial charge on any atom is -0.481 e. The van der Waals surface area contributed by atoms with Crippen LogP contribution in [0.2, 0.25) is 0 Å². The summed E-state index contributed by atoms with van der Waals surface area (Å²) < 4.78 is 4.69. The van der Waals surface area contributed by atoms with E-state index in [1.54, 1.807) is 6.08 Å². The van der Waals surface area contributed by atoms with Crippen molar-refractivity contribution in [3.8, 4) is 0 Å². The van der Waals surface area contributed by atoms with Gasteiger partial charge in [-0.05, 0) is 6.92 Å². The molecule has 2 N–H and O–H groups in total. The van der Waals surface area contributed by atoms with Crippen molar-refractivity contribution < 1.29 is 24.5 Å². The van der Waals surface area contributed by atoms with Crippen molar-refractivity contribution in [1.29, 1.82) is 0 Å². The van der Waals surface area contributed by atoms with Gasteiger partial charge < -0.3 is 14.9 Å². The maximum absolute atomic E-state index is 10.4. The third kappa shape index (κ3) is 5.31. The number of allylic oxidation sites excluding steroid dienone is 1. The Bertz CT molecular complexity index is 219. The van der Waals surface area contributed by atoms with Gasteiger partial charge in [0, 0.05) is 0 Å². The summed E-state index contributed by atoms with van der Waals surface area (Å²) >= 11 is 0. The lowest BCUT2D eigenvalue weighted by molar-refractivity contribution is -0.148. The summed E-state index contributed by atoms with van der Waals surface area (Å²) in [7, 11) is 0. The van der Waals surface area contributed by atoms with Gasteiger partial charge in [-0.2, -0.15) is 0 Å². The second-order valence-corrected chi connectivity index (χ2v) is 2.82. The number of epoxide rings is 1. The number of carboxylic acid groups (broad SMARTS) is 2. The number of carboxylic acids is 2. The maximum Gasteiger partial charge on any atom is 0.309 e.